The van der Waals surface area contributed by atoms with Gasteiger partial charge in [0.2, 0.25) is 5.91 Å². The van der Waals surface area contributed by atoms with E-state index in [9.17, 15) is 4.79 Å². The van der Waals surface area contributed by atoms with Gasteiger partial charge in [-0.15, -0.1) is 11.3 Å². The number of ether oxygens (including phenoxy) is 2. The Bertz CT molecular complexity index is 1210. The number of carbonyl (C=O) groups is 1. The van der Waals surface area contributed by atoms with E-state index in [2.05, 4.69) is 15.3 Å². The highest BCUT2D eigenvalue weighted by Crippen LogP contribution is 2.38. The second-order valence-corrected chi connectivity index (χ2v) is 8.18. The smallest absolute Gasteiger partial charge is 0.229 e. The van der Waals surface area contributed by atoms with Crippen molar-refractivity contribution in [3.05, 3.63) is 65.3 Å². The van der Waals surface area contributed by atoms with Crippen molar-refractivity contribution in [2.24, 2.45) is 0 Å². The van der Waals surface area contributed by atoms with Crippen LogP contribution in [0, 0.1) is 0 Å². The van der Waals surface area contributed by atoms with E-state index in [1.54, 1.807) is 35.7 Å². The molecule has 1 aliphatic rings. The lowest BCUT2D eigenvalue weighted by molar-refractivity contribution is -0.115. The summed E-state index contributed by atoms with van der Waals surface area (Å²) in [6.45, 7) is 0.926. The lowest BCUT2D eigenvalue weighted by Gasteiger charge is -2.20. The molecule has 2 aromatic carbocycles. The highest BCUT2D eigenvalue weighted by Gasteiger charge is 2.18. The Labute approximate surface area is 181 Å². The fraction of sp³-hybridized carbons (Fsp3) is 0.136. The van der Waals surface area contributed by atoms with Crippen LogP contribution in [0.2, 0.25) is 5.02 Å². The SMILES string of the molecule is O=C(Cc1cc(Cl)c2c(c1)OCCO2)Nc1ccc(-c2nc3ccccc3s2)cn1. The maximum atomic E-state index is 12.5. The molecule has 0 atom stereocenters. The first-order chi connectivity index (χ1) is 14.7. The second-order valence-electron chi connectivity index (χ2n) is 6.75. The highest BCUT2D eigenvalue weighted by atomic mass is 35.5. The minimum Gasteiger partial charge on any atom is -0.486 e. The molecule has 0 saturated carbocycles. The van der Waals surface area contributed by atoms with E-state index in [4.69, 9.17) is 21.1 Å². The first-order valence-electron chi connectivity index (χ1n) is 9.35. The van der Waals surface area contributed by atoms with Gasteiger partial charge in [0.1, 0.15) is 24.0 Å². The van der Waals surface area contributed by atoms with Crippen LogP contribution in [0.4, 0.5) is 5.82 Å². The van der Waals surface area contributed by atoms with Gasteiger partial charge in [-0.1, -0.05) is 23.7 Å². The molecule has 3 heterocycles. The molecule has 6 nitrogen and oxygen atoms in total. The summed E-state index contributed by atoms with van der Waals surface area (Å²) in [4.78, 5) is 21.4. The zero-order valence-corrected chi connectivity index (χ0v) is 17.3. The van der Waals surface area contributed by atoms with Crippen molar-refractivity contribution in [2.75, 3.05) is 18.5 Å². The van der Waals surface area contributed by atoms with Crippen LogP contribution < -0.4 is 14.8 Å². The van der Waals surface area contributed by atoms with Gasteiger partial charge in [0.15, 0.2) is 11.5 Å². The molecular weight excluding hydrogens is 422 g/mol. The number of rotatable bonds is 4. The summed E-state index contributed by atoms with van der Waals surface area (Å²) < 4.78 is 12.2. The minimum atomic E-state index is -0.192. The summed E-state index contributed by atoms with van der Waals surface area (Å²) in [7, 11) is 0. The monoisotopic (exact) mass is 437 g/mol. The molecular formula is C22H16ClN3O3S. The summed E-state index contributed by atoms with van der Waals surface area (Å²) in [5, 5.41) is 4.15. The second kappa shape index (κ2) is 7.93. The third-order valence-electron chi connectivity index (χ3n) is 4.59. The topological polar surface area (TPSA) is 73.3 Å². The number of halogens is 1. The Morgan fingerprint density at radius 1 is 1.13 bits per heavy atom. The average Bonchev–Trinajstić information content (AvgIpc) is 3.18. The van der Waals surface area contributed by atoms with Gasteiger partial charge in [-0.3, -0.25) is 4.79 Å². The molecule has 8 heteroatoms. The molecule has 1 N–H and O–H groups in total. The summed E-state index contributed by atoms with van der Waals surface area (Å²) in [5.74, 6) is 1.38. The fourth-order valence-corrected chi connectivity index (χ4v) is 4.47. The van der Waals surface area contributed by atoms with Gasteiger partial charge in [-0.2, -0.15) is 0 Å². The Balaban J connectivity index is 1.28. The van der Waals surface area contributed by atoms with Gasteiger partial charge in [0.25, 0.3) is 0 Å². The summed E-state index contributed by atoms with van der Waals surface area (Å²) in [6, 6.07) is 15.2. The normalized spacial score (nSPS) is 12.7. The van der Waals surface area contributed by atoms with Crippen LogP contribution in [0.25, 0.3) is 20.8 Å². The quantitative estimate of drug-likeness (QED) is 0.488. The minimum absolute atomic E-state index is 0.150. The zero-order chi connectivity index (χ0) is 20.5. The molecule has 30 heavy (non-hydrogen) atoms. The van der Waals surface area contributed by atoms with Crippen molar-refractivity contribution in [1.29, 1.82) is 0 Å². The molecule has 0 saturated heterocycles. The molecule has 0 fully saturated rings. The van der Waals surface area contributed by atoms with Crippen LogP contribution in [0.1, 0.15) is 5.56 Å². The van der Waals surface area contributed by atoms with E-state index in [0.29, 0.717) is 35.6 Å². The van der Waals surface area contributed by atoms with E-state index in [0.717, 1.165) is 26.4 Å². The summed E-state index contributed by atoms with van der Waals surface area (Å²) >= 11 is 7.85. The number of nitrogens with one attached hydrogen (secondary N) is 1. The number of hydrogen-bond acceptors (Lipinski definition) is 6. The first-order valence-corrected chi connectivity index (χ1v) is 10.5. The van der Waals surface area contributed by atoms with E-state index in [1.165, 1.54) is 0 Å². The molecule has 2 aromatic heterocycles. The zero-order valence-electron chi connectivity index (χ0n) is 15.7. The molecule has 1 amide bonds. The van der Waals surface area contributed by atoms with E-state index in [-0.39, 0.29) is 12.3 Å². The predicted octanol–water partition coefficient (Wildman–Crippen LogP) is 4.96. The van der Waals surface area contributed by atoms with Crippen LogP contribution in [0.15, 0.2) is 54.7 Å². The first kappa shape index (κ1) is 18.8. The molecule has 0 bridgehead atoms. The standard InChI is InChI=1S/C22H16ClN3O3S/c23-15-9-13(10-17-21(15)29-8-7-28-17)11-20(27)26-19-6-5-14(12-24-19)22-25-16-3-1-2-4-18(16)30-22/h1-6,9-10,12H,7-8,11H2,(H,24,26,27). The summed E-state index contributed by atoms with van der Waals surface area (Å²) in [5.41, 5.74) is 2.62. The Hall–Kier alpha value is -3.16. The molecule has 4 aromatic rings. The van der Waals surface area contributed by atoms with Crippen molar-refractivity contribution >= 4 is 44.9 Å². The number of amides is 1. The lowest BCUT2D eigenvalue weighted by Crippen LogP contribution is -2.17. The lowest BCUT2D eigenvalue weighted by atomic mass is 10.1. The van der Waals surface area contributed by atoms with Crippen molar-refractivity contribution in [2.45, 2.75) is 6.42 Å². The van der Waals surface area contributed by atoms with Gasteiger partial charge in [0.05, 0.1) is 21.7 Å². The maximum Gasteiger partial charge on any atom is 0.229 e. The number of benzene rings is 2. The van der Waals surface area contributed by atoms with Gasteiger partial charge in [-0.25, -0.2) is 9.97 Å². The number of anilines is 1. The van der Waals surface area contributed by atoms with Gasteiger partial charge in [0, 0.05) is 11.8 Å². The Morgan fingerprint density at radius 3 is 2.83 bits per heavy atom. The van der Waals surface area contributed by atoms with Crippen molar-refractivity contribution in [3.8, 4) is 22.1 Å². The molecule has 5 rings (SSSR count). The van der Waals surface area contributed by atoms with Crippen molar-refractivity contribution in [1.82, 2.24) is 9.97 Å². The molecule has 0 spiro atoms. The Morgan fingerprint density at radius 2 is 2.00 bits per heavy atom. The van der Waals surface area contributed by atoms with Gasteiger partial charge >= 0.3 is 0 Å². The van der Waals surface area contributed by atoms with Gasteiger partial charge < -0.3 is 14.8 Å². The predicted molar refractivity (Wildman–Crippen MR) is 118 cm³/mol. The third-order valence-corrected chi connectivity index (χ3v) is 5.96. The van der Waals surface area contributed by atoms with Gasteiger partial charge in [-0.05, 0) is 42.0 Å². The maximum absolute atomic E-state index is 12.5. The number of thiazole rings is 1. The molecule has 0 unspecified atom stereocenters. The average molecular weight is 438 g/mol. The van der Waals surface area contributed by atoms with Crippen molar-refractivity contribution in [3.63, 3.8) is 0 Å². The number of hydrogen-bond donors (Lipinski definition) is 1. The fourth-order valence-electron chi connectivity index (χ4n) is 3.23. The molecule has 0 aliphatic carbocycles. The third kappa shape index (κ3) is 3.81. The van der Waals surface area contributed by atoms with E-state index >= 15 is 0 Å². The highest BCUT2D eigenvalue weighted by molar-refractivity contribution is 7.21. The van der Waals surface area contributed by atoms with E-state index < -0.39 is 0 Å². The molecule has 0 radical (unpaired) electrons. The largest absolute Gasteiger partial charge is 0.486 e. The van der Waals surface area contributed by atoms with Crippen LogP contribution in [0.3, 0.4) is 0 Å². The molecule has 150 valence electrons. The number of aromatic nitrogens is 2. The number of fused-ring (bicyclic) bond motifs is 2. The number of para-hydroxylation sites is 1. The number of nitrogens with zero attached hydrogens (tertiary/aromatic N) is 2. The van der Waals surface area contributed by atoms with Crippen LogP contribution >= 0.6 is 22.9 Å². The van der Waals surface area contributed by atoms with Crippen LogP contribution in [-0.4, -0.2) is 29.1 Å². The number of pyridine rings is 1. The summed E-state index contributed by atoms with van der Waals surface area (Å²) in [6.07, 6.45) is 1.87. The van der Waals surface area contributed by atoms with Crippen LogP contribution in [0.5, 0.6) is 11.5 Å². The van der Waals surface area contributed by atoms with Crippen molar-refractivity contribution < 1.29 is 14.3 Å². The number of carbonyl (C=O) groups excluding carboxylic acids is 1. The molecule has 1 aliphatic heterocycles. The van der Waals surface area contributed by atoms with Crippen LogP contribution in [-0.2, 0) is 11.2 Å². The Kier molecular flexibility index (Phi) is 4.98. The van der Waals surface area contributed by atoms with E-state index in [1.807, 2.05) is 30.3 Å².